The third kappa shape index (κ3) is 6.46. The summed E-state index contributed by atoms with van der Waals surface area (Å²) in [6.07, 6.45) is 7.11. The molecule has 5 heteroatoms. The minimum Gasteiger partial charge on any atom is -0.405 e. The molecule has 0 aliphatic heterocycles. The highest BCUT2D eigenvalue weighted by Gasteiger charge is 2.46. The van der Waals surface area contributed by atoms with Gasteiger partial charge in [0.15, 0.2) is 11.6 Å². The predicted octanol–water partition coefficient (Wildman–Crippen LogP) is 7.36. The third-order valence-corrected chi connectivity index (χ3v) is 6.86. The molecule has 1 aromatic rings. The summed E-state index contributed by atoms with van der Waals surface area (Å²) >= 11 is 0. The number of halogens is 2. The molecule has 0 unspecified atom stereocenters. The number of allylic oxidation sites excluding steroid dienone is 4. The molecule has 0 aromatic heterocycles. The second-order valence-corrected chi connectivity index (χ2v) is 9.88. The largest absolute Gasteiger partial charge is 0.405 e. The topological polar surface area (TPSA) is 55.1 Å². The first-order valence-corrected chi connectivity index (χ1v) is 12.2. The summed E-state index contributed by atoms with van der Waals surface area (Å²) in [5.41, 5.74) is 10.6. The summed E-state index contributed by atoms with van der Waals surface area (Å²) in [4.78, 5) is 13.3. The molecule has 0 spiro atoms. The highest BCUT2D eigenvalue weighted by molar-refractivity contribution is 6.09. The SMILES string of the molecule is C=C(NC1(/C(=C/N)CC)CC1)C(=O)/C(C)=C(C)/C(=C(\C)CCCC(C)C)c1ccc(F)c(F)c1. The number of nitrogens with two attached hydrogens (primary N) is 1. The number of hydrogen-bond acceptors (Lipinski definition) is 3. The van der Waals surface area contributed by atoms with Gasteiger partial charge in [0.1, 0.15) is 0 Å². The number of carbonyl (C=O) groups is 1. The average Bonchev–Trinajstić information content (AvgIpc) is 3.55. The van der Waals surface area contributed by atoms with Crippen molar-refractivity contribution in [3.63, 3.8) is 0 Å². The van der Waals surface area contributed by atoms with Gasteiger partial charge in [0.05, 0.1) is 11.2 Å². The van der Waals surface area contributed by atoms with Crippen molar-refractivity contribution < 1.29 is 13.6 Å². The molecule has 1 fully saturated rings. The molecular formula is C29H40F2N2O. The normalized spacial score (nSPS) is 16.7. The van der Waals surface area contributed by atoms with E-state index < -0.39 is 11.6 Å². The van der Waals surface area contributed by atoms with Gasteiger partial charge in [-0.15, -0.1) is 0 Å². The summed E-state index contributed by atoms with van der Waals surface area (Å²) in [6, 6.07) is 3.93. The first-order chi connectivity index (χ1) is 16.0. The second kappa shape index (κ2) is 11.6. The van der Waals surface area contributed by atoms with E-state index in [0.717, 1.165) is 66.9 Å². The fourth-order valence-electron chi connectivity index (χ4n) is 4.53. The number of Topliss-reactive ketones (excluding diaryl/α,β-unsaturated/α-hetero) is 1. The number of benzene rings is 1. The summed E-state index contributed by atoms with van der Waals surface area (Å²) in [5.74, 6) is -1.39. The van der Waals surface area contributed by atoms with Crippen molar-refractivity contribution in [2.45, 2.75) is 85.6 Å². The fourth-order valence-corrected chi connectivity index (χ4v) is 4.53. The van der Waals surface area contributed by atoms with Gasteiger partial charge in [-0.25, -0.2) is 8.78 Å². The standard InChI is InChI=1S/C29H40F2N2O/c1-8-24(17-32)29(14-15-29)33-22(7)28(34)21(6)20(5)27(19(4)11-9-10-18(2)3)23-12-13-25(30)26(31)16-23/h12-13,16-18,33H,7-11,14-15,32H2,1-6H3/b21-20+,24-17+,27-19-. The monoisotopic (exact) mass is 470 g/mol. The zero-order valence-corrected chi connectivity index (χ0v) is 21.6. The Morgan fingerprint density at radius 3 is 2.32 bits per heavy atom. The van der Waals surface area contributed by atoms with Gasteiger partial charge in [0.2, 0.25) is 5.78 Å². The van der Waals surface area contributed by atoms with Crippen LogP contribution in [0.15, 0.2) is 59.0 Å². The van der Waals surface area contributed by atoms with E-state index in [1.807, 2.05) is 20.8 Å². The maximum atomic E-state index is 14.1. The van der Waals surface area contributed by atoms with Crippen molar-refractivity contribution in [2.75, 3.05) is 0 Å². The van der Waals surface area contributed by atoms with Crippen LogP contribution in [0.3, 0.4) is 0 Å². The highest BCUT2D eigenvalue weighted by Crippen LogP contribution is 2.44. The van der Waals surface area contributed by atoms with E-state index in [-0.39, 0.29) is 11.3 Å². The lowest BCUT2D eigenvalue weighted by Crippen LogP contribution is -2.35. The van der Waals surface area contributed by atoms with Crippen LogP contribution in [0, 0.1) is 17.6 Å². The number of nitrogens with one attached hydrogen (secondary N) is 1. The molecule has 0 amide bonds. The van der Waals surface area contributed by atoms with Crippen LogP contribution in [0.1, 0.15) is 85.6 Å². The van der Waals surface area contributed by atoms with Gasteiger partial charge in [0.25, 0.3) is 0 Å². The maximum absolute atomic E-state index is 14.1. The first-order valence-electron chi connectivity index (χ1n) is 12.2. The lowest BCUT2D eigenvalue weighted by atomic mass is 9.87. The van der Waals surface area contributed by atoms with Crippen molar-refractivity contribution in [2.24, 2.45) is 11.7 Å². The first kappa shape index (κ1) is 27.6. The molecule has 1 aliphatic rings. The fraction of sp³-hybridized carbons (Fsp3) is 0.483. The minimum atomic E-state index is -0.899. The van der Waals surface area contributed by atoms with Gasteiger partial charge in [-0.1, -0.05) is 45.4 Å². The maximum Gasteiger partial charge on any atom is 0.204 e. The zero-order chi connectivity index (χ0) is 25.6. The molecule has 1 aromatic carbocycles. The molecule has 0 radical (unpaired) electrons. The van der Waals surface area contributed by atoms with E-state index in [1.54, 1.807) is 19.2 Å². The molecular weight excluding hydrogens is 430 g/mol. The molecule has 3 nitrogen and oxygen atoms in total. The Kier molecular flexibility index (Phi) is 9.43. The number of rotatable bonds is 12. The van der Waals surface area contributed by atoms with Gasteiger partial charge >= 0.3 is 0 Å². The summed E-state index contributed by atoms with van der Waals surface area (Å²) in [7, 11) is 0. The average molecular weight is 471 g/mol. The Bertz CT molecular complexity index is 1030. The van der Waals surface area contributed by atoms with Crippen LogP contribution in [0.2, 0.25) is 0 Å². The van der Waals surface area contributed by atoms with Crippen LogP contribution in [-0.4, -0.2) is 11.3 Å². The highest BCUT2D eigenvalue weighted by atomic mass is 19.2. The molecule has 3 N–H and O–H groups in total. The van der Waals surface area contributed by atoms with Gasteiger partial charge in [0, 0.05) is 5.57 Å². The quantitative estimate of drug-likeness (QED) is 0.248. The van der Waals surface area contributed by atoms with Crippen LogP contribution in [0.4, 0.5) is 8.78 Å². The lowest BCUT2D eigenvalue weighted by molar-refractivity contribution is -0.112. The zero-order valence-electron chi connectivity index (χ0n) is 21.6. The molecule has 1 aliphatic carbocycles. The van der Waals surface area contributed by atoms with Crippen molar-refractivity contribution >= 4 is 11.4 Å². The summed E-state index contributed by atoms with van der Waals surface area (Å²) in [6.45, 7) is 16.1. The molecule has 1 saturated carbocycles. The van der Waals surface area contributed by atoms with E-state index >= 15 is 0 Å². The van der Waals surface area contributed by atoms with Crippen LogP contribution in [0.5, 0.6) is 0 Å². The van der Waals surface area contributed by atoms with Gasteiger partial charge < -0.3 is 11.1 Å². The predicted molar refractivity (Wildman–Crippen MR) is 138 cm³/mol. The van der Waals surface area contributed by atoms with Gasteiger partial charge in [-0.2, -0.15) is 0 Å². The van der Waals surface area contributed by atoms with E-state index in [4.69, 9.17) is 5.73 Å². The van der Waals surface area contributed by atoms with Crippen molar-refractivity contribution in [3.8, 4) is 0 Å². The smallest absolute Gasteiger partial charge is 0.204 e. The van der Waals surface area contributed by atoms with E-state index in [2.05, 4.69) is 25.7 Å². The van der Waals surface area contributed by atoms with Gasteiger partial charge in [-0.05, 0) is 99.4 Å². The van der Waals surface area contributed by atoms with Crippen LogP contribution in [-0.2, 0) is 4.79 Å². The number of ketones is 1. The van der Waals surface area contributed by atoms with E-state index in [1.165, 1.54) is 6.07 Å². The molecule has 2 rings (SSSR count). The number of carbonyl (C=O) groups excluding carboxylic acids is 1. The number of hydrogen-bond donors (Lipinski definition) is 2. The van der Waals surface area contributed by atoms with Crippen molar-refractivity contribution in [1.82, 2.24) is 5.32 Å². The molecule has 186 valence electrons. The van der Waals surface area contributed by atoms with Crippen LogP contribution in [0.25, 0.3) is 5.57 Å². The Morgan fingerprint density at radius 2 is 1.82 bits per heavy atom. The molecule has 0 heterocycles. The van der Waals surface area contributed by atoms with Crippen LogP contribution < -0.4 is 11.1 Å². The molecule has 0 bridgehead atoms. The molecule has 34 heavy (non-hydrogen) atoms. The Balaban J connectivity index is 2.42. The Hall–Kier alpha value is -2.69. The molecule has 0 atom stereocenters. The summed E-state index contributed by atoms with van der Waals surface area (Å²) in [5, 5.41) is 3.32. The Morgan fingerprint density at radius 1 is 1.18 bits per heavy atom. The van der Waals surface area contributed by atoms with Crippen LogP contribution >= 0.6 is 0 Å². The van der Waals surface area contributed by atoms with E-state index in [0.29, 0.717) is 22.8 Å². The lowest BCUT2D eigenvalue weighted by Gasteiger charge is -2.23. The molecule has 0 saturated heterocycles. The second-order valence-electron chi connectivity index (χ2n) is 9.88. The van der Waals surface area contributed by atoms with Crippen molar-refractivity contribution in [1.29, 1.82) is 0 Å². The Labute approximate surface area is 203 Å². The van der Waals surface area contributed by atoms with Crippen molar-refractivity contribution in [3.05, 3.63) is 76.2 Å². The third-order valence-electron chi connectivity index (χ3n) is 6.86. The van der Waals surface area contributed by atoms with Gasteiger partial charge in [-0.3, -0.25) is 4.79 Å². The minimum absolute atomic E-state index is 0.189. The summed E-state index contributed by atoms with van der Waals surface area (Å²) < 4.78 is 27.8. The van der Waals surface area contributed by atoms with E-state index in [9.17, 15) is 13.6 Å².